The zero-order chi connectivity index (χ0) is 14.7. The standard InChI is InChI=1S/C15H13BrN4O/c1-21-13-5-2-11(3-6-13)10-20-14(9-18-19-20)12-4-7-15(16)17-8-12/h2-9H,10H2,1H3. The van der Waals surface area contributed by atoms with Gasteiger partial charge in [0.2, 0.25) is 0 Å². The zero-order valence-corrected chi connectivity index (χ0v) is 13.0. The third-order valence-corrected chi connectivity index (χ3v) is 3.60. The molecule has 0 N–H and O–H groups in total. The zero-order valence-electron chi connectivity index (χ0n) is 11.4. The first-order valence-corrected chi connectivity index (χ1v) is 7.19. The lowest BCUT2D eigenvalue weighted by Crippen LogP contribution is -2.04. The van der Waals surface area contributed by atoms with Crippen LogP contribution in [0, 0.1) is 0 Å². The van der Waals surface area contributed by atoms with Gasteiger partial charge in [0.25, 0.3) is 0 Å². The third-order valence-electron chi connectivity index (χ3n) is 3.13. The van der Waals surface area contributed by atoms with Gasteiger partial charge < -0.3 is 4.74 Å². The van der Waals surface area contributed by atoms with Crippen molar-refractivity contribution in [1.82, 2.24) is 20.0 Å². The molecule has 0 atom stereocenters. The monoisotopic (exact) mass is 344 g/mol. The second kappa shape index (κ2) is 6.05. The minimum Gasteiger partial charge on any atom is -0.497 e. The maximum absolute atomic E-state index is 5.16. The predicted molar refractivity (Wildman–Crippen MR) is 83.0 cm³/mol. The van der Waals surface area contributed by atoms with E-state index in [2.05, 4.69) is 31.2 Å². The first kappa shape index (κ1) is 13.8. The molecule has 0 aliphatic carbocycles. The number of hydrogen-bond donors (Lipinski definition) is 0. The number of halogens is 1. The molecule has 2 aromatic heterocycles. The Bertz CT molecular complexity index is 722. The van der Waals surface area contributed by atoms with Crippen molar-refractivity contribution in [2.24, 2.45) is 0 Å². The maximum Gasteiger partial charge on any atom is 0.118 e. The van der Waals surface area contributed by atoms with Crippen molar-refractivity contribution in [1.29, 1.82) is 0 Å². The normalized spacial score (nSPS) is 10.6. The van der Waals surface area contributed by atoms with Gasteiger partial charge in [0.05, 0.1) is 25.5 Å². The fourth-order valence-corrected chi connectivity index (χ4v) is 2.26. The van der Waals surface area contributed by atoms with Crippen molar-refractivity contribution < 1.29 is 4.74 Å². The van der Waals surface area contributed by atoms with Crippen molar-refractivity contribution in [2.45, 2.75) is 6.54 Å². The molecule has 0 saturated carbocycles. The smallest absolute Gasteiger partial charge is 0.118 e. The van der Waals surface area contributed by atoms with E-state index in [0.29, 0.717) is 6.54 Å². The summed E-state index contributed by atoms with van der Waals surface area (Å²) < 4.78 is 7.82. The molecule has 0 spiro atoms. The van der Waals surface area contributed by atoms with E-state index in [-0.39, 0.29) is 0 Å². The van der Waals surface area contributed by atoms with Gasteiger partial charge >= 0.3 is 0 Å². The van der Waals surface area contributed by atoms with Crippen LogP contribution in [0.2, 0.25) is 0 Å². The van der Waals surface area contributed by atoms with Crippen molar-refractivity contribution in [2.75, 3.05) is 7.11 Å². The summed E-state index contributed by atoms with van der Waals surface area (Å²) >= 11 is 3.33. The molecule has 0 bridgehead atoms. The van der Waals surface area contributed by atoms with E-state index in [1.807, 2.05) is 41.1 Å². The van der Waals surface area contributed by atoms with Gasteiger partial charge in [-0.25, -0.2) is 9.67 Å². The molecule has 3 aromatic rings. The average Bonchev–Trinajstić information content (AvgIpc) is 2.97. The quantitative estimate of drug-likeness (QED) is 0.682. The largest absolute Gasteiger partial charge is 0.497 e. The highest BCUT2D eigenvalue weighted by atomic mass is 79.9. The van der Waals surface area contributed by atoms with Crippen LogP contribution in [0.15, 0.2) is 53.4 Å². The Balaban J connectivity index is 1.86. The van der Waals surface area contributed by atoms with Crippen molar-refractivity contribution >= 4 is 15.9 Å². The topological polar surface area (TPSA) is 52.8 Å². The molecule has 106 valence electrons. The van der Waals surface area contributed by atoms with Gasteiger partial charge in [0.15, 0.2) is 0 Å². The SMILES string of the molecule is COc1ccc(Cn2nncc2-c2ccc(Br)nc2)cc1. The molecule has 0 radical (unpaired) electrons. The first-order valence-electron chi connectivity index (χ1n) is 6.39. The minimum atomic E-state index is 0.648. The summed E-state index contributed by atoms with van der Waals surface area (Å²) in [6.45, 7) is 0.648. The number of methoxy groups -OCH3 is 1. The molecular formula is C15H13BrN4O. The van der Waals surface area contributed by atoms with Crippen LogP contribution in [0.1, 0.15) is 5.56 Å². The van der Waals surface area contributed by atoms with Crippen molar-refractivity contribution in [3.8, 4) is 17.0 Å². The van der Waals surface area contributed by atoms with Gasteiger partial charge in [-0.15, -0.1) is 5.10 Å². The maximum atomic E-state index is 5.16. The number of ether oxygens (including phenoxy) is 1. The highest BCUT2D eigenvalue weighted by Gasteiger charge is 2.08. The summed E-state index contributed by atoms with van der Waals surface area (Å²) in [6, 6.07) is 11.8. The molecule has 0 aliphatic rings. The number of nitrogens with zero attached hydrogens (tertiary/aromatic N) is 4. The third kappa shape index (κ3) is 3.11. The Morgan fingerprint density at radius 3 is 2.57 bits per heavy atom. The number of hydrogen-bond acceptors (Lipinski definition) is 4. The molecule has 21 heavy (non-hydrogen) atoms. The summed E-state index contributed by atoms with van der Waals surface area (Å²) in [6.07, 6.45) is 3.54. The molecule has 2 heterocycles. The lowest BCUT2D eigenvalue weighted by molar-refractivity contribution is 0.414. The van der Waals surface area contributed by atoms with Crippen LogP contribution in [0.5, 0.6) is 5.75 Å². The van der Waals surface area contributed by atoms with E-state index >= 15 is 0 Å². The van der Waals surface area contributed by atoms with E-state index < -0.39 is 0 Å². The summed E-state index contributed by atoms with van der Waals surface area (Å²) in [5.41, 5.74) is 3.05. The van der Waals surface area contributed by atoms with Crippen molar-refractivity contribution in [3.05, 3.63) is 59.0 Å². The van der Waals surface area contributed by atoms with Crippen LogP contribution < -0.4 is 4.74 Å². The van der Waals surface area contributed by atoms with Crippen LogP contribution >= 0.6 is 15.9 Å². The molecule has 3 rings (SSSR count). The Morgan fingerprint density at radius 1 is 1.10 bits per heavy atom. The number of rotatable bonds is 4. The second-order valence-corrected chi connectivity index (χ2v) is 5.31. The minimum absolute atomic E-state index is 0.648. The van der Waals surface area contributed by atoms with Gasteiger partial charge in [-0.2, -0.15) is 0 Å². The lowest BCUT2D eigenvalue weighted by Gasteiger charge is -2.07. The summed E-state index contributed by atoms with van der Waals surface area (Å²) in [7, 11) is 1.66. The number of benzene rings is 1. The van der Waals surface area contributed by atoms with E-state index in [1.165, 1.54) is 0 Å². The molecule has 5 nitrogen and oxygen atoms in total. The van der Waals surface area contributed by atoms with E-state index in [0.717, 1.165) is 27.2 Å². The Labute approximate surface area is 130 Å². The summed E-state index contributed by atoms with van der Waals surface area (Å²) in [4.78, 5) is 4.24. The Kier molecular flexibility index (Phi) is 3.96. The van der Waals surface area contributed by atoms with Crippen LogP contribution in [-0.2, 0) is 6.54 Å². The molecule has 0 aliphatic heterocycles. The fourth-order valence-electron chi connectivity index (χ4n) is 2.03. The summed E-state index contributed by atoms with van der Waals surface area (Å²) in [5.74, 6) is 0.842. The van der Waals surface area contributed by atoms with Gasteiger partial charge in [0.1, 0.15) is 10.4 Å². The predicted octanol–water partition coefficient (Wildman–Crippen LogP) is 3.16. The molecule has 1 aromatic carbocycles. The first-order chi connectivity index (χ1) is 10.3. The molecule has 6 heteroatoms. The fraction of sp³-hybridized carbons (Fsp3) is 0.133. The van der Waals surface area contributed by atoms with E-state index in [4.69, 9.17) is 4.74 Å². The Hall–Kier alpha value is -2.21. The van der Waals surface area contributed by atoms with E-state index in [1.54, 1.807) is 19.5 Å². The van der Waals surface area contributed by atoms with Crippen molar-refractivity contribution in [3.63, 3.8) is 0 Å². The number of aromatic nitrogens is 4. The second-order valence-electron chi connectivity index (χ2n) is 4.49. The van der Waals surface area contributed by atoms with Gasteiger partial charge in [-0.1, -0.05) is 17.3 Å². The van der Waals surface area contributed by atoms with Crippen LogP contribution in [0.4, 0.5) is 0 Å². The Morgan fingerprint density at radius 2 is 1.90 bits per heavy atom. The van der Waals surface area contributed by atoms with Gasteiger partial charge in [0, 0.05) is 11.8 Å². The highest BCUT2D eigenvalue weighted by Crippen LogP contribution is 2.20. The molecule has 0 unspecified atom stereocenters. The van der Waals surface area contributed by atoms with Gasteiger partial charge in [-0.3, -0.25) is 0 Å². The molecular weight excluding hydrogens is 332 g/mol. The lowest BCUT2D eigenvalue weighted by atomic mass is 10.2. The highest BCUT2D eigenvalue weighted by molar-refractivity contribution is 9.10. The summed E-state index contributed by atoms with van der Waals surface area (Å²) in [5, 5.41) is 8.15. The van der Waals surface area contributed by atoms with Crippen LogP contribution in [0.3, 0.4) is 0 Å². The van der Waals surface area contributed by atoms with Gasteiger partial charge in [-0.05, 0) is 45.8 Å². The average molecular weight is 345 g/mol. The van der Waals surface area contributed by atoms with Crippen LogP contribution in [-0.4, -0.2) is 27.1 Å². The molecule has 0 amide bonds. The van der Waals surface area contributed by atoms with Crippen LogP contribution in [0.25, 0.3) is 11.3 Å². The number of pyridine rings is 1. The molecule has 0 fully saturated rings. The molecule has 0 saturated heterocycles. The van der Waals surface area contributed by atoms with E-state index in [9.17, 15) is 0 Å².